The lowest BCUT2D eigenvalue weighted by molar-refractivity contribution is 0.526. The summed E-state index contributed by atoms with van der Waals surface area (Å²) in [6.07, 6.45) is 1.06. The molecule has 0 radical (unpaired) electrons. The van der Waals surface area contributed by atoms with Gasteiger partial charge in [0.25, 0.3) is 0 Å². The van der Waals surface area contributed by atoms with Crippen molar-refractivity contribution in [3.63, 3.8) is 0 Å². The summed E-state index contributed by atoms with van der Waals surface area (Å²) in [5.74, 6) is 0.539. The molecule has 1 aromatic rings. The van der Waals surface area contributed by atoms with Crippen LogP contribution in [-0.4, -0.2) is 19.6 Å². The standard InChI is InChI=1S/C14H22BrFN2/c1-11(2)9-17-6-3-7-18-10-12-8-13(15)4-5-14(12)16/h4-5,8,11,17-18H,3,6-7,9-10H2,1-2H3. The molecule has 0 spiro atoms. The minimum absolute atomic E-state index is 0.149. The summed E-state index contributed by atoms with van der Waals surface area (Å²) in [7, 11) is 0. The summed E-state index contributed by atoms with van der Waals surface area (Å²) in [6, 6.07) is 5.03. The summed E-state index contributed by atoms with van der Waals surface area (Å²) >= 11 is 3.35. The Bertz CT molecular complexity index is 356. The Labute approximate surface area is 117 Å². The van der Waals surface area contributed by atoms with Gasteiger partial charge in [-0.15, -0.1) is 0 Å². The third-order valence-corrected chi connectivity index (χ3v) is 3.08. The fraction of sp³-hybridized carbons (Fsp3) is 0.571. The minimum Gasteiger partial charge on any atom is -0.316 e. The predicted octanol–water partition coefficient (Wildman–Crippen LogP) is 3.31. The molecule has 0 unspecified atom stereocenters. The highest BCUT2D eigenvalue weighted by Crippen LogP contribution is 2.15. The highest BCUT2D eigenvalue weighted by atomic mass is 79.9. The van der Waals surface area contributed by atoms with Crippen molar-refractivity contribution in [2.45, 2.75) is 26.8 Å². The molecule has 0 amide bonds. The summed E-state index contributed by atoms with van der Waals surface area (Å²) in [6.45, 7) is 7.93. The van der Waals surface area contributed by atoms with E-state index in [4.69, 9.17) is 0 Å². The van der Waals surface area contributed by atoms with Crippen molar-refractivity contribution in [3.05, 3.63) is 34.1 Å². The molecule has 0 aliphatic heterocycles. The molecule has 0 heterocycles. The van der Waals surface area contributed by atoms with E-state index in [0.29, 0.717) is 18.0 Å². The molecular weight excluding hydrogens is 295 g/mol. The maximum atomic E-state index is 13.4. The monoisotopic (exact) mass is 316 g/mol. The van der Waals surface area contributed by atoms with E-state index in [1.165, 1.54) is 6.07 Å². The van der Waals surface area contributed by atoms with Gasteiger partial charge in [0.05, 0.1) is 0 Å². The van der Waals surface area contributed by atoms with Crippen molar-refractivity contribution < 1.29 is 4.39 Å². The van der Waals surface area contributed by atoms with Crippen molar-refractivity contribution in [2.24, 2.45) is 5.92 Å². The molecule has 1 rings (SSSR count). The lowest BCUT2D eigenvalue weighted by atomic mass is 10.2. The van der Waals surface area contributed by atoms with Gasteiger partial charge in [0.1, 0.15) is 5.82 Å². The van der Waals surface area contributed by atoms with E-state index in [0.717, 1.165) is 30.5 Å². The Morgan fingerprint density at radius 3 is 2.67 bits per heavy atom. The van der Waals surface area contributed by atoms with Gasteiger partial charge >= 0.3 is 0 Å². The topological polar surface area (TPSA) is 24.1 Å². The maximum Gasteiger partial charge on any atom is 0.127 e. The van der Waals surface area contributed by atoms with E-state index in [-0.39, 0.29) is 5.82 Å². The van der Waals surface area contributed by atoms with Crippen LogP contribution in [-0.2, 0) is 6.54 Å². The van der Waals surface area contributed by atoms with E-state index in [1.54, 1.807) is 6.07 Å². The fourth-order valence-corrected chi connectivity index (χ4v) is 2.04. The van der Waals surface area contributed by atoms with E-state index in [1.807, 2.05) is 6.07 Å². The van der Waals surface area contributed by atoms with Crippen LogP contribution in [0.25, 0.3) is 0 Å². The number of benzene rings is 1. The summed E-state index contributed by atoms with van der Waals surface area (Å²) in [5, 5.41) is 6.64. The summed E-state index contributed by atoms with van der Waals surface area (Å²) in [4.78, 5) is 0. The van der Waals surface area contributed by atoms with E-state index in [9.17, 15) is 4.39 Å². The average Bonchev–Trinajstić information content (AvgIpc) is 2.32. The highest BCUT2D eigenvalue weighted by molar-refractivity contribution is 9.10. The second kappa shape index (κ2) is 8.62. The average molecular weight is 317 g/mol. The first-order chi connectivity index (χ1) is 8.59. The van der Waals surface area contributed by atoms with Crippen LogP contribution in [0.3, 0.4) is 0 Å². The minimum atomic E-state index is -0.149. The molecular formula is C14H22BrFN2. The third kappa shape index (κ3) is 6.47. The van der Waals surface area contributed by atoms with Gasteiger partial charge in [-0.1, -0.05) is 29.8 Å². The van der Waals surface area contributed by atoms with Gasteiger partial charge in [-0.2, -0.15) is 0 Å². The van der Waals surface area contributed by atoms with Gasteiger partial charge in [0.2, 0.25) is 0 Å². The molecule has 0 saturated heterocycles. The van der Waals surface area contributed by atoms with Crippen molar-refractivity contribution in [3.8, 4) is 0 Å². The largest absolute Gasteiger partial charge is 0.316 e. The number of nitrogens with one attached hydrogen (secondary N) is 2. The molecule has 1 aromatic carbocycles. The van der Waals surface area contributed by atoms with E-state index in [2.05, 4.69) is 40.4 Å². The molecule has 0 atom stereocenters. The second-order valence-corrected chi connectivity index (χ2v) is 5.78. The zero-order valence-corrected chi connectivity index (χ0v) is 12.7. The predicted molar refractivity (Wildman–Crippen MR) is 78.1 cm³/mol. The molecule has 2 N–H and O–H groups in total. The molecule has 0 bridgehead atoms. The lowest BCUT2D eigenvalue weighted by Crippen LogP contribution is -2.24. The van der Waals surface area contributed by atoms with Crippen LogP contribution >= 0.6 is 15.9 Å². The SMILES string of the molecule is CC(C)CNCCCNCc1cc(Br)ccc1F. The van der Waals surface area contributed by atoms with Gasteiger partial charge in [-0.05, 0) is 50.2 Å². The second-order valence-electron chi connectivity index (χ2n) is 4.86. The highest BCUT2D eigenvalue weighted by Gasteiger charge is 2.01. The zero-order chi connectivity index (χ0) is 13.4. The number of halogens is 2. The number of rotatable bonds is 8. The van der Waals surface area contributed by atoms with Crippen molar-refractivity contribution in [2.75, 3.05) is 19.6 Å². The molecule has 0 aromatic heterocycles. The Morgan fingerprint density at radius 1 is 1.22 bits per heavy atom. The van der Waals surface area contributed by atoms with Crippen LogP contribution in [0.2, 0.25) is 0 Å². The lowest BCUT2D eigenvalue weighted by Gasteiger charge is -2.08. The molecule has 4 heteroatoms. The van der Waals surface area contributed by atoms with Crippen LogP contribution in [0.4, 0.5) is 4.39 Å². The van der Waals surface area contributed by atoms with Gasteiger partial charge in [0, 0.05) is 16.6 Å². The Hall–Kier alpha value is -0.450. The van der Waals surface area contributed by atoms with Crippen LogP contribution in [0.1, 0.15) is 25.8 Å². The smallest absolute Gasteiger partial charge is 0.127 e. The fourth-order valence-electron chi connectivity index (χ4n) is 1.63. The number of hydrogen-bond donors (Lipinski definition) is 2. The van der Waals surface area contributed by atoms with Crippen LogP contribution in [0, 0.1) is 11.7 Å². The quantitative estimate of drug-likeness (QED) is 0.719. The van der Waals surface area contributed by atoms with Crippen LogP contribution in [0.5, 0.6) is 0 Å². The Balaban J connectivity index is 2.12. The molecule has 102 valence electrons. The van der Waals surface area contributed by atoms with E-state index < -0.39 is 0 Å². The van der Waals surface area contributed by atoms with E-state index >= 15 is 0 Å². The summed E-state index contributed by atoms with van der Waals surface area (Å²) < 4.78 is 14.3. The Kier molecular flexibility index (Phi) is 7.47. The molecule has 0 aliphatic rings. The number of hydrogen-bond acceptors (Lipinski definition) is 2. The Morgan fingerprint density at radius 2 is 1.94 bits per heavy atom. The first-order valence-electron chi connectivity index (χ1n) is 6.45. The van der Waals surface area contributed by atoms with Crippen LogP contribution < -0.4 is 10.6 Å². The normalized spacial score (nSPS) is 11.2. The van der Waals surface area contributed by atoms with Crippen molar-refractivity contribution >= 4 is 15.9 Å². The van der Waals surface area contributed by atoms with Crippen molar-refractivity contribution in [1.82, 2.24) is 10.6 Å². The first kappa shape index (κ1) is 15.6. The van der Waals surface area contributed by atoms with Crippen LogP contribution in [0.15, 0.2) is 22.7 Å². The zero-order valence-electron chi connectivity index (χ0n) is 11.1. The van der Waals surface area contributed by atoms with Gasteiger partial charge in [0.15, 0.2) is 0 Å². The van der Waals surface area contributed by atoms with Gasteiger partial charge < -0.3 is 10.6 Å². The van der Waals surface area contributed by atoms with Crippen molar-refractivity contribution in [1.29, 1.82) is 0 Å². The van der Waals surface area contributed by atoms with Gasteiger partial charge in [-0.25, -0.2) is 4.39 Å². The third-order valence-electron chi connectivity index (χ3n) is 2.58. The molecule has 18 heavy (non-hydrogen) atoms. The first-order valence-corrected chi connectivity index (χ1v) is 7.24. The molecule has 0 aliphatic carbocycles. The van der Waals surface area contributed by atoms with Gasteiger partial charge in [-0.3, -0.25) is 0 Å². The summed E-state index contributed by atoms with van der Waals surface area (Å²) in [5.41, 5.74) is 0.708. The maximum absolute atomic E-state index is 13.4. The molecule has 0 saturated carbocycles. The molecule has 0 fully saturated rings. The molecule has 2 nitrogen and oxygen atoms in total.